The molecule has 0 saturated carbocycles. The van der Waals surface area contributed by atoms with Crippen LogP contribution in [0.2, 0.25) is 0 Å². The number of carbonyl (C=O) groups is 2. The molecule has 0 radical (unpaired) electrons. The van der Waals surface area contributed by atoms with Gasteiger partial charge in [0.05, 0.1) is 24.7 Å². The van der Waals surface area contributed by atoms with Crippen LogP contribution in [0.15, 0.2) is 0 Å². The van der Waals surface area contributed by atoms with Crippen molar-refractivity contribution in [3.63, 3.8) is 0 Å². The molecule has 0 aromatic rings. The molecule has 0 heterocycles. The van der Waals surface area contributed by atoms with Gasteiger partial charge >= 0.3 is 0 Å². The number of amides is 2. The average molecular weight is 463 g/mol. The standard InChI is InChI=1S/C12H26IN5O4S/c1-7(19)10(11(14)21)17-12(22)8(18-13)4-2-3-5-15-9(20)6-16-23/h7-8,10-11,16,18-19,21,23H,2-6,14H2,1H3,(H,15,20)(H,17,22)/t7-,8+,10+,11?/m1/s1. The molecule has 0 fully saturated rings. The van der Waals surface area contributed by atoms with Crippen molar-refractivity contribution in [1.82, 2.24) is 18.9 Å². The monoisotopic (exact) mass is 463 g/mol. The first-order chi connectivity index (χ1) is 10.8. The lowest BCUT2D eigenvalue weighted by Gasteiger charge is -2.26. The topological polar surface area (TPSA) is 149 Å². The van der Waals surface area contributed by atoms with Gasteiger partial charge in [-0.15, -0.1) is 0 Å². The van der Waals surface area contributed by atoms with E-state index in [1.807, 2.05) is 22.9 Å². The highest BCUT2D eigenvalue weighted by Gasteiger charge is 2.26. The van der Waals surface area contributed by atoms with Gasteiger partial charge in [-0.05, 0) is 26.2 Å². The predicted molar refractivity (Wildman–Crippen MR) is 98.6 cm³/mol. The highest BCUT2D eigenvalue weighted by atomic mass is 127. The van der Waals surface area contributed by atoms with Crippen molar-refractivity contribution in [3.8, 4) is 0 Å². The normalized spacial score (nSPS) is 16.3. The van der Waals surface area contributed by atoms with E-state index >= 15 is 0 Å². The summed E-state index contributed by atoms with van der Waals surface area (Å²) in [6, 6.07) is -1.41. The van der Waals surface area contributed by atoms with Crippen LogP contribution in [0.3, 0.4) is 0 Å². The molecule has 0 aromatic carbocycles. The van der Waals surface area contributed by atoms with Crippen LogP contribution in [-0.2, 0) is 9.59 Å². The maximum atomic E-state index is 12.1. The summed E-state index contributed by atoms with van der Waals surface area (Å²) in [6.07, 6.45) is -0.329. The average Bonchev–Trinajstić information content (AvgIpc) is 2.47. The SMILES string of the molecule is C[C@@H](O)[C@H](NC(=O)[C@H](CCCCNC(=O)CNS)NI)C(N)O. The van der Waals surface area contributed by atoms with Gasteiger partial charge < -0.3 is 26.6 Å². The van der Waals surface area contributed by atoms with Crippen molar-refractivity contribution >= 4 is 47.5 Å². The minimum atomic E-state index is -1.34. The van der Waals surface area contributed by atoms with Crippen molar-refractivity contribution in [2.24, 2.45) is 5.73 Å². The maximum Gasteiger partial charge on any atom is 0.238 e. The van der Waals surface area contributed by atoms with E-state index in [9.17, 15) is 19.8 Å². The van der Waals surface area contributed by atoms with E-state index in [0.717, 1.165) is 6.42 Å². The van der Waals surface area contributed by atoms with E-state index in [1.165, 1.54) is 6.92 Å². The quantitative estimate of drug-likeness (QED) is 0.0558. The first-order valence-corrected chi connectivity index (χ1v) is 8.78. The van der Waals surface area contributed by atoms with E-state index in [0.29, 0.717) is 19.4 Å². The summed E-state index contributed by atoms with van der Waals surface area (Å²) >= 11 is 5.61. The zero-order valence-electron chi connectivity index (χ0n) is 13.0. The minimum Gasteiger partial charge on any atom is -0.391 e. The van der Waals surface area contributed by atoms with Crippen LogP contribution in [0.25, 0.3) is 0 Å². The molecular formula is C12H26IN5O4S. The molecule has 0 rings (SSSR count). The number of aliphatic hydroxyl groups is 2. The molecule has 8 N–H and O–H groups in total. The number of aliphatic hydroxyl groups excluding tert-OH is 2. The van der Waals surface area contributed by atoms with Crippen molar-refractivity contribution in [2.45, 2.75) is 50.6 Å². The van der Waals surface area contributed by atoms with E-state index in [4.69, 9.17) is 5.73 Å². The Morgan fingerprint density at radius 2 is 1.96 bits per heavy atom. The van der Waals surface area contributed by atoms with Crippen LogP contribution in [0.1, 0.15) is 26.2 Å². The van der Waals surface area contributed by atoms with Crippen molar-refractivity contribution < 1.29 is 19.8 Å². The second-order valence-corrected chi connectivity index (χ2v) is 6.05. The van der Waals surface area contributed by atoms with E-state index in [-0.39, 0.29) is 18.4 Å². The van der Waals surface area contributed by atoms with Gasteiger partial charge in [-0.25, -0.2) is 3.53 Å². The number of unbranched alkanes of at least 4 members (excludes halogenated alkanes) is 1. The fraction of sp³-hybridized carbons (Fsp3) is 0.833. The second-order valence-electron chi connectivity index (χ2n) is 5.11. The number of carbonyl (C=O) groups excluding carboxylic acids is 2. The zero-order chi connectivity index (χ0) is 17.8. The van der Waals surface area contributed by atoms with Gasteiger partial charge in [0, 0.05) is 29.4 Å². The molecule has 0 spiro atoms. The lowest BCUT2D eigenvalue weighted by atomic mass is 10.1. The van der Waals surface area contributed by atoms with Crippen LogP contribution in [0.4, 0.5) is 0 Å². The third kappa shape index (κ3) is 10.3. The van der Waals surface area contributed by atoms with Gasteiger partial charge in [0.15, 0.2) is 0 Å². The Labute approximate surface area is 155 Å². The summed E-state index contributed by atoms with van der Waals surface area (Å²) < 4.78 is 5.31. The first-order valence-electron chi connectivity index (χ1n) is 7.25. The molecule has 0 aliphatic heterocycles. The lowest BCUT2D eigenvalue weighted by Crippen LogP contribution is -2.56. The first kappa shape index (κ1) is 22.8. The molecule has 0 saturated heterocycles. The van der Waals surface area contributed by atoms with Gasteiger partial charge in [-0.2, -0.15) is 0 Å². The van der Waals surface area contributed by atoms with Gasteiger partial charge in [-0.1, -0.05) is 12.8 Å². The fourth-order valence-electron chi connectivity index (χ4n) is 1.83. The number of nitrogens with one attached hydrogen (secondary N) is 4. The number of rotatable bonds is 12. The van der Waals surface area contributed by atoms with Crippen LogP contribution in [-0.4, -0.2) is 59.5 Å². The van der Waals surface area contributed by atoms with Gasteiger partial charge in [0.2, 0.25) is 11.8 Å². The molecule has 9 nitrogen and oxygen atoms in total. The summed E-state index contributed by atoms with van der Waals surface area (Å²) in [6.45, 7) is 2.10. The van der Waals surface area contributed by atoms with E-state index in [2.05, 4.69) is 31.7 Å². The fourth-order valence-corrected chi connectivity index (χ4v) is 2.56. The summed E-state index contributed by atoms with van der Waals surface area (Å²) in [5.74, 6) is -0.490. The predicted octanol–water partition coefficient (Wildman–Crippen LogP) is -1.84. The lowest BCUT2D eigenvalue weighted by molar-refractivity contribution is -0.125. The van der Waals surface area contributed by atoms with E-state index < -0.39 is 24.4 Å². The molecule has 136 valence electrons. The number of hydrogen-bond donors (Lipinski definition) is 8. The summed E-state index contributed by atoms with van der Waals surface area (Å²) in [4.78, 5) is 23.3. The Bertz CT molecular complexity index is 354. The van der Waals surface area contributed by atoms with Gasteiger partial charge in [0.1, 0.15) is 6.23 Å². The Morgan fingerprint density at radius 3 is 2.43 bits per heavy atom. The number of nitrogens with two attached hydrogens (primary N) is 1. The zero-order valence-corrected chi connectivity index (χ0v) is 16.0. The molecule has 23 heavy (non-hydrogen) atoms. The molecule has 1 unspecified atom stereocenters. The molecule has 0 bridgehead atoms. The Balaban J connectivity index is 4.13. The van der Waals surface area contributed by atoms with Gasteiger partial charge in [0.25, 0.3) is 0 Å². The highest BCUT2D eigenvalue weighted by Crippen LogP contribution is 2.05. The van der Waals surface area contributed by atoms with E-state index in [1.54, 1.807) is 0 Å². The molecule has 0 aliphatic rings. The molecule has 2 amide bonds. The highest BCUT2D eigenvalue weighted by molar-refractivity contribution is 14.1. The molecule has 0 aliphatic carbocycles. The summed E-state index contributed by atoms with van der Waals surface area (Å²) in [5, 5.41) is 24.1. The third-order valence-electron chi connectivity index (χ3n) is 3.13. The molecule has 11 heteroatoms. The Morgan fingerprint density at radius 1 is 1.30 bits per heavy atom. The van der Waals surface area contributed by atoms with Crippen LogP contribution >= 0.6 is 35.7 Å². The Hall–Kier alpha value is -0.180. The molecule has 4 atom stereocenters. The summed E-state index contributed by atoms with van der Waals surface area (Å²) in [5.41, 5.74) is 5.33. The van der Waals surface area contributed by atoms with Crippen LogP contribution < -0.4 is 24.6 Å². The largest absolute Gasteiger partial charge is 0.391 e. The molecule has 0 aromatic heterocycles. The van der Waals surface area contributed by atoms with Crippen molar-refractivity contribution in [1.29, 1.82) is 0 Å². The Kier molecular flexibility index (Phi) is 13.0. The summed E-state index contributed by atoms with van der Waals surface area (Å²) in [7, 11) is 0. The third-order valence-corrected chi connectivity index (χ3v) is 4.04. The number of hydrogen-bond acceptors (Lipinski definition) is 8. The van der Waals surface area contributed by atoms with Crippen LogP contribution in [0.5, 0.6) is 0 Å². The smallest absolute Gasteiger partial charge is 0.238 e. The minimum absolute atomic E-state index is 0.141. The maximum absolute atomic E-state index is 12.1. The number of thiol groups is 1. The second kappa shape index (κ2) is 13.1. The van der Waals surface area contributed by atoms with Crippen LogP contribution in [0, 0.1) is 0 Å². The number of halogens is 1. The van der Waals surface area contributed by atoms with Crippen molar-refractivity contribution in [3.05, 3.63) is 0 Å². The molecular weight excluding hydrogens is 437 g/mol. The van der Waals surface area contributed by atoms with Gasteiger partial charge in [-0.3, -0.25) is 14.3 Å². The van der Waals surface area contributed by atoms with Crippen molar-refractivity contribution in [2.75, 3.05) is 13.1 Å².